The molecule has 0 saturated carbocycles. The van der Waals surface area contributed by atoms with Crippen molar-refractivity contribution in [3.05, 3.63) is 109 Å². The van der Waals surface area contributed by atoms with Crippen LogP contribution in [0.15, 0.2) is 103 Å². The highest BCUT2D eigenvalue weighted by Crippen LogP contribution is 2.43. The molecule has 0 atom stereocenters. The molecule has 2 nitrogen and oxygen atoms in total. The summed E-state index contributed by atoms with van der Waals surface area (Å²) in [4.78, 5) is 0. The lowest BCUT2D eigenvalue weighted by Gasteiger charge is -2.09. The summed E-state index contributed by atoms with van der Waals surface area (Å²) >= 11 is 1.91. The second-order valence-corrected chi connectivity index (χ2v) is 9.98. The summed E-state index contributed by atoms with van der Waals surface area (Å²) in [5.74, 6) is 0. The summed E-state index contributed by atoms with van der Waals surface area (Å²) in [7, 11) is 2.15. The van der Waals surface area contributed by atoms with Crippen LogP contribution >= 0.6 is 11.3 Å². The number of pyridine rings is 1. The highest BCUT2D eigenvalue weighted by molar-refractivity contribution is 7.26. The van der Waals surface area contributed by atoms with Crippen LogP contribution < -0.4 is 4.57 Å². The lowest BCUT2D eigenvalue weighted by molar-refractivity contribution is -0.659. The van der Waals surface area contributed by atoms with E-state index >= 15 is 0 Å². The Hall–Kier alpha value is -3.95. The number of nitrogens with zero attached hydrogens (tertiary/aromatic N) is 2. The van der Waals surface area contributed by atoms with Gasteiger partial charge in [-0.2, -0.15) is 4.57 Å². The van der Waals surface area contributed by atoms with E-state index in [1.165, 1.54) is 64.5 Å². The molecule has 3 heterocycles. The van der Waals surface area contributed by atoms with Crippen LogP contribution in [0.4, 0.5) is 0 Å². The molecule has 0 spiro atoms. The second-order valence-electron chi connectivity index (χ2n) is 8.96. The van der Waals surface area contributed by atoms with Gasteiger partial charge in [0, 0.05) is 27.6 Å². The quantitative estimate of drug-likeness (QED) is 0.234. The molecule has 7 aromatic rings. The van der Waals surface area contributed by atoms with Gasteiger partial charge in [-0.05, 0) is 36.8 Å². The summed E-state index contributed by atoms with van der Waals surface area (Å²) in [6.45, 7) is 2.20. The SMILES string of the molecule is Cc1ccccc1-c1c2sc3c(-n4c5ccccc5c5ccccc54)cccc3c2cc[n+]1C. The van der Waals surface area contributed by atoms with E-state index in [0.717, 1.165) is 0 Å². The minimum atomic E-state index is 1.24. The topological polar surface area (TPSA) is 8.81 Å². The molecule has 0 N–H and O–H groups in total. The zero-order valence-corrected chi connectivity index (χ0v) is 19.9. The number of fused-ring (bicyclic) bond motifs is 6. The van der Waals surface area contributed by atoms with E-state index in [2.05, 4.69) is 126 Å². The third-order valence-electron chi connectivity index (χ3n) is 6.99. The van der Waals surface area contributed by atoms with E-state index in [-0.39, 0.29) is 0 Å². The zero-order valence-electron chi connectivity index (χ0n) is 19.1. The van der Waals surface area contributed by atoms with Gasteiger partial charge in [-0.25, -0.2) is 0 Å². The molecule has 0 bridgehead atoms. The first-order valence-electron chi connectivity index (χ1n) is 11.6. The first kappa shape index (κ1) is 19.5. The summed E-state index contributed by atoms with van der Waals surface area (Å²) in [5, 5.41) is 5.22. The van der Waals surface area contributed by atoms with Crippen molar-refractivity contribution in [2.45, 2.75) is 6.92 Å². The molecule has 4 aromatic carbocycles. The van der Waals surface area contributed by atoms with Gasteiger partial charge in [0.15, 0.2) is 6.20 Å². The van der Waals surface area contributed by atoms with Crippen LogP contribution in [0.2, 0.25) is 0 Å². The third-order valence-corrected chi connectivity index (χ3v) is 8.24. The van der Waals surface area contributed by atoms with Crippen LogP contribution in [-0.4, -0.2) is 4.57 Å². The Kier molecular flexibility index (Phi) is 4.18. The molecule has 0 aliphatic carbocycles. The average molecular weight is 456 g/mol. The molecular weight excluding hydrogens is 432 g/mol. The molecule has 162 valence electrons. The molecule has 0 amide bonds. The van der Waals surface area contributed by atoms with E-state index in [4.69, 9.17) is 0 Å². The van der Waals surface area contributed by atoms with Gasteiger partial charge in [-0.3, -0.25) is 0 Å². The second kappa shape index (κ2) is 7.28. The fourth-order valence-electron chi connectivity index (χ4n) is 5.40. The highest BCUT2D eigenvalue weighted by Gasteiger charge is 2.22. The number of benzene rings is 4. The summed E-state index contributed by atoms with van der Waals surface area (Å²) in [5.41, 5.74) is 7.61. The molecule has 0 unspecified atom stereocenters. The Bertz CT molecular complexity index is 1830. The van der Waals surface area contributed by atoms with Gasteiger partial charge in [0.2, 0.25) is 5.69 Å². The van der Waals surface area contributed by atoms with Crippen molar-refractivity contribution in [2.24, 2.45) is 7.05 Å². The molecular formula is C31H23N2S+. The van der Waals surface area contributed by atoms with Gasteiger partial charge < -0.3 is 4.57 Å². The summed E-state index contributed by atoms with van der Waals surface area (Å²) < 4.78 is 7.36. The number of thiophene rings is 1. The van der Waals surface area contributed by atoms with Gasteiger partial charge in [-0.1, -0.05) is 66.7 Å². The molecule has 0 saturated heterocycles. The van der Waals surface area contributed by atoms with Crippen molar-refractivity contribution >= 4 is 53.3 Å². The fraction of sp³-hybridized carbons (Fsp3) is 0.0645. The molecule has 7 rings (SSSR count). The van der Waals surface area contributed by atoms with Crippen LogP contribution in [0.25, 0.3) is 58.9 Å². The lowest BCUT2D eigenvalue weighted by atomic mass is 10.0. The van der Waals surface area contributed by atoms with Crippen LogP contribution in [0.5, 0.6) is 0 Å². The molecule has 0 radical (unpaired) electrons. The highest BCUT2D eigenvalue weighted by atomic mass is 32.1. The smallest absolute Gasteiger partial charge is 0.230 e. The molecule has 3 heteroatoms. The predicted molar refractivity (Wildman–Crippen MR) is 145 cm³/mol. The maximum atomic E-state index is 2.44. The molecule has 3 aromatic heterocycles. The van der Waals surface area contributed by atoms with Crippen molar-refractivity contribution in [3.8, 4) is 16.9 Å². The maximum absolute atomic E-state index is 2.44. The van der Waals surface area contributed by atoms with Crippen molar-refractivity contribution in [2.75, 3.05) is 0 Å². The molecule has 0 aliphatic rings. The number of hydrogen-bond donors (Lipinski definition) is 0. The van der Waals surface area contributed by atoms with E-state index < -0.39 is 0 Å². The Labute approximate surface area is 201 Å². The van der Waals surface area contributed by atoms with Gasteiger partial charge in [-0.15, -0.1) is 11.3 Å². The van der Waals surface area contributed by atoms with Crippen LogP contribution in [-0.2, 0) is 7.05 Å². The first-order chi connectivity index (χ1) is 16.7. The summed E-state index contributed by atoms with van der Waals surface area (Å²) in [6, 6.07) is 35.2. The van der Waals surface area contributed by atoms with Gasteiger partial charge in [0.05, 0.1) is 27.0 Å². The van der Waals surface area contributed by atoms with Gasteiger partial charge in [0.25, 0.3) is 0 Å². The van der Waals surface area contributed by atoms with Crippen molar-refractivity contribution in [1.82, 2.24) is 4.57 Å². The Balaban J connectivity index is 1.63. The Morgan fingerprint density at radius 2 is 1.24 bits per heavy atom. The first-order valence-corrected chi connectivity index (χ1v) is 12.4. The van der Waals surface area contributed by atoms with Crippen molar-refractivity contribution < 1.29 is 4.57 Å². The van der Waals surface area contributed by atoms with E-state index in [9.17, 15) is 0 Å². The molecule has 0 aliphatic heterocycles. The average Bonchev–Trinajstić information content (AvgIpc) is 3.41. The van der Waals surface area contributed by atoms with Crippen molar-refractivity contribution in [1.29, 1.82) is 0 Å². The number of aromatic nitrogens is 2. The minimum Gasteiger partial charge on any atom is -0.308 e. The Morgan fingerprint density at radius 1 is 0.618 bits per heavy atom. The molecule has 0 fully saturated rings. The number of aryl methyl sites for hydroxylation is 2. The van der Waals surface area contributed by atoms with E-state index in [1.807, 2.05) is 11.3 Å². The predicted octanol–water partition coefficient (Wildman–Crippen LogP) is 7.95. The van der Waals surface area contributed by atoms with Crippen LogP contribution in [0.3, 0.4) is 0 Å². The summed E-state index contributed by atoms with van der Waals surface area (Å²) in [6.07, 6.45) is 2.20. The van der Waals surface area contributed by atoms with E-state index in [1.54, 1.807) is 0 Å². The number of para-hydroxylation sites is 2. The van der Waals surface area contributed by atoms with Crippen LogP contribution in [0, 0.1) is 6.92 Å². The minimum absolute atomic E-state index is 1.24. The fourth-order valence-corrected chi connectivity index (χ4v) is 6.79. The van der Waals surface area contributed by atoms with Crippen LogP contribution in [0.1, 0.15) is 5.56 Å². The largest absolute Gasteiger partial charge is 0.308 e. The molecule has 34 heavy (non-hydrogen) atoms. The normalized spacial score (nSPS) is 11.8. The van der Waals surface area contributed by atoms with E-state index in [0.29, 0.717) is 0 Å². The monoisotopic (exact) mass is 455 g/mol. The van der Waals surface area contributed by atoms with Gasteiger partial charge >= 0.3 is 0 Å². The Morgan fingerprint density at radius 3 is 1.97 bits per heavy atom. The lowest BCUT2D eigenvalue weighted by Crippen LogP contribution is -2.30. The third kappa shape index (κ3) is 2.65. The number of rotatable bonds is 2. The number of hydrogen-bond acceptors (Lipinski definition) is 1. The zero-order chi connectivity index (χ0) is 22.8. The standard InChI is InChI=1S/C31H23N2S/c1-20-10-3-4-11-21(20)29-31-25(18-19-32(29)2)24-14-9-17-28(30(24)34-31)33-26-15-7-5-12-22(26)23-13-6-8-16-27(23)33/h3-19H,1-2H3/q+1. The van der Waals surface area contributed by atoms with Crippen molar-refractivity contribution in [3.63, 3.8) is 0 Å². The van der Waals surface area contributed by atoms with Gasteiger partial charge in [0.1, 0.15) is 11.7 Å². The maximum Gasteiger partial charge on any atom is 0.230 e.